The van der Waals surface area contributed by atoms with E-state index >= 15 is 0 Å². The molecule has 1 aliphatic heterocycles. The lowest BCUT2D eigenvalue weighted by molar-refractivity contribution is -0.121. The molecule has 124 valence electrons. The predicted octanol–water partition coefficient (Wildman–Crippen LogP) is 3.14. The summed E-state index contributed by atoms with van der Waals surface area (Å²) in [4.78, 5) is 26.3. The van der Waals surface area contributed by atoms with Gasteiger partial charge in [0.25, 0.3) is 5.91 Å². The van der Waals surface area contributed by atoms with E-state index in [1.807, 2.05) is 56.3 Å². The van der Waals surface area contributed by atoms with Crippen LogP contribution < -0.4 is 15.0 Å². The van der Waals surface area contributed by atoms with Gasteiger partial charge in [-0.05, 0) is 43.7 Å². The van der Waals surface area contributed by atoms with Gasteiger partial charge in [-0.2, -0.15) is 0 Å². The van der Waals surface area contributed by atoms with Crippen LogP contribution in [-0.2, 0) is 9.59 Å². The average molecular weight is 324 g/mol. The second-order valence-corrected chi connectivity index (χ2v) is 5.74. The Morgan fingerprint density at radius 2 is 1.96 bits per heavy atom. The summed E-state index contributed by atoms with van der Waals surface area (Å²) in [6, 6.07) is 14.2. The maximum Gasteiger partial charge on any atom is 0.256 e. The number of para-hydroxylation sites is 2. The second kappa shape index (κ2) is 6.74. The molecule has 0 aliphatic carbocycles. The van der Waals surface area contributed by atoms with Crippen LogP contribution in [0.15, 0.2) is 48.5 Å². The van der Waals surface area contributed by atoms with Gasteiger partial charge >= 0.3 is 0 Å². The third kappa shape index (κ3) is 3.11. The summed E-state index contributed by atoms with van der Waals surface area (Å²) in [6.07, 6.45) is 0.132. The Labute approximate surface area is 141 Å². The Balaban J connectivity index is 1.82. The van der Waals surface area contributed by atoms with Gasteiger partial charge in [0, 0.05) is 0 Å². The molecule has 2 aromatic carbocycles. The fourth-order valence-electron chi connectivity index (χ4n) is 2.84. The molecule has 1 aliphatic rings. The van der Waals surface area contributed by atoms with Gasteiger partial charge in [0.2, 0.25) is 5.91 Å². The van der Waals surface area contributed by atoms with Crippen LogP contribution in [0.1, 0.15) is 18.9 Å². The number of rotatable bonds is 5. The van der Waals surface area contributed by atoms with Crippen molar-refractivity contribution >= 4 is 23.2 Å². The van der Waals surface area contributed by atoms with E-state index in [-0.39, 0.29) is 18.2 Å². The molecule has 0 bridgehead atoms. The zero-order chi connectivity index (χ0) is 17.1. The number of amides is 2. The highest BCUT2D eigenvalue weighted by molar-refractivity contribution is 6.23. The van der Waals surface area contributed by atoms with Crippen LogP contribution in [0.5, 0.6) is 5.75 Å². The highest BCUT2D eigenvalue weighted by Gasteiger charge is 2.39. The lowest BCUT2D eigenvalue weighted by atomic mass is 10.2. The van der Waals surface area contributed by atoms with Gasteiger partial charge < -0.3 is 10.1 Å². The van der Waals surface area contributed by atoms with Gasteiger partial charge in [-0.15, -0.1) is 0 Å². The number of hydrogen-bond acceptors (Lipinski definition) is 4. The van der Waals surface area contributed by atoms with Crippen molar-refractivity contribution in [3.05, 3.63) is 54.1 Å². The number of aryl methyl sites for hydroxylation is 1. The number of imide groups is 1. The lowest BCUT2D eigenvalue weighted by Crippen LogP contribution is -2.34. The number of carbonyl (C=O) groups is 2. The van der Waals surface area contributed by atoms with Crippen molar-refractivity contribution in [2.45, 2.75) is 26.3 Å². The van der Waals surface area contributed by atoms with Crippen molar-refractivity contribution in [2.75, 3.05) is 16.8 Å². The van der Waals surface area contributed by atoms with Crippen LogP contribution in [0.3, 0.4) is 0 Å². The van der Waals surface area contributed by atoms with E-state index in [0.29, 0.717) is 18.0 Å². The van der Waals surface area contributed by atoms with Crippen molar-refractivity contribution in [3.63, 3.8) is 0 Å². The van der Waals surface area contributed by atoms with Gasteiger partial charge in [-0.1, -0.05) is 24.3 Å². The summed E-state index contributed by atoms with van der Waals surface area (Å²) in [5, 5.41) is 3.15. The first-order chi connectivity index (χ1) is 11.6. The maximum absolute atomic E-state index is 12.7. The Morgan fingerprint density at radius 3 is 2.71 bits per heavy atom. The van der Waals surface area contributed by atoms with Gasteiger partial charge in [0.1, 0.15) is 11.8 Å². The molecule has 5 nitrogen and oxygen atoms in total. The van der Waals surface area contributed by atoms with Crippen LogP contribution in [0.25, 0.3) is 0 Å². The van der Waals surface area contributed by atoms with E-state index in [1.165, 1.54) is 4.90 Å². The summed E-state index contributed by atoms with van der Waals surface area (Å²) < 4.78 is 5.56. The van der Waals surface area contributed by atoms with Gasteiger partial charge in [-0.25, -0.2) is 4.90 Å². The number of benzene rings is 2. The SMILES string of the molecule is CCOc1ccccc1N[C@H]1CC(=O)N(c2cccc(C)c2)C1=O. The topological polar surface area (TPSA) is 58.6 Å². The van der Waals surface area contributed by atoms with Crippen molar-refractivity contribution in [2.24, 2.45) is 0 Å². The number of anilines is 2. The van der Waals surface area contributed by atoms with Crippen LogP contribution in [-0.4, -0.2) is 24.5 Å². The minimum Gasteiger partial charge on any atom is -0.492 e. The normalized spacial score (nSPS) is 17.2. The van der Waals surface area contributed by atoms with E-state index in [1.54, 1.807) is 6.07 Å². The number of carbonyl (C=O) groups excluding carboxylic acids is 2. The molecule has 1 saturated heterocycles. The maximum atomic E-state index is 12.7. The highest BCUT2D eigenvalue weighted by atomic mass is 16.5. The summed E-state index contributed by atoms with van der Waals surface area (Å²) in [6.45, 7) is 4.37. The van der Waals surface area contributed by atoms with Crippen molar-refractivity contribution in [3.8, 4) is 5.75 Å². The molecule has 0 saturated carbocycles. The molecular formula is C19H20N2O3. The molecule has 2 amide bonds. The van der Waals surface area contributed by atoms with Crippen LogP contribution in [0.4, 0.5) is 11.4 Å². The molecule has 1 heterocycles. The molecule has 0 unspecified atom stereocenters. The quantitative estimate of drug-likeness (QED) is 0.859. The standard InChI is InChI=1S/C19H20N2O3/c1-3-24-17-10-5-4-9-15(17)20-16-12-18(22)21(19(16)23)14-8-6-7-13(2)11-14/h4-11,16,20H,3,12H2,1-2H3/t16-/m0/s1. The number of hydrogen-bond donors (Lipinski definition) is 1. The minimum atomic E-state index is -0.584. The third-order valence-corrected chi connectivity index (χ3v) is 3.92. The van der Waals surface area contributed by atoms with Crippen molar-refractivity contribution in [1.29, 1.82) is 0 Å². The molecule has 1 atom stereocenters. The molecule has 5 heteroatoms. The van der Waals surface area contributed by atoms with Crippen molar-refractivity contribution < 1.29 is 14.3 Å². The van der Waals surface area contributed by atoms with E-state index in [0.717, 1.165) is 11.3 Å². The van der Waals surface area contributed by atoms with E-state index in [4.69, 9.17) is 4.74 Å². The zero-order valence-electron chi connectivity index (χ0n) is 13.8. The molecule has 1 fully saturated rings. The summed E-state index contributed by atoms with van der Waals surface area (Å²) in [5.74, 6) is 0.239. The average Bonchev–Trinajstić information content (AvgIpc) is 2.83. The first-order valence-corrected chi connectivity index (χ1v) is 8.02. The summed E-state index contributed by atoms with van der Waals surface area (Å²) >= 11 is 0. The fraction of sp³-hybridized carbons (Fsp3) is 0.263. The van der Waals surface area contributed by atoms with Crippen molar-refractivity contribution in [1.82, 2.24) is 0 Å². The molecule has 24 heavy (non-hydrogen) atoms. The largest absolute Gasteiger partial charge is 0.492 e. The van der Waals surface area contributed by atoms with E-state index in [2.05, 4.69) is 5.32 Å². The summed E-state index contributed by atoms with van der Waals surface area (Å²) in [7, 11) is 0. The molecule has 3 rings (SSSR count). The second-order valence-electron chi connectivity index (χ2n) is 5.74. The van der Waals surface area contributed by atoms with Gasteiger partial charge in [0.15, 0.2) is 0 Å². The molecular weight excluding hydrogens is 304 g/mol. The van der Waals surface area contributed by atoms with Crippen LogP contribution >= 0.6 is 0 Å². The number of ether oxygens (including phenoxy) is 1. The smallest absolute Gasteiger partial charge is 0.256 e. The fourth-order valence-corrected chi connectivity index (χ4v) is 2.84. The molecule has 2 aromatic rings. The van der Waals surface area contributed by atoms with Gasteiger partial charge in [-0.3, -0.25) is 9.59 Å². The number of nitrogens with one attached hydrogen (secondary N) is 1. The summed E-state index contributed by atoms with van der Waals surface area (Å²) in [5.41, 5.74) is 2.34. The minimum absolute atomic E-state index is 0.132. The Morgan fingerprint density at radius 1 is 1.17 bits per heavy atom. The van der Waals surface area contributed by atoms with Crippen LogP contribution in [0.2, 0.25) is 0 Å². The Kier molecular flexibility index (Phi) is 4.51. The molecule has 0 radical (unpaired) electrons. The lowest BCUT2D eigenvalue weighted by Gasteiger charge is -2.18. The predicted molar refractivity (Wildman–Crippen MR) is 93.3 cm³/mol. The molecule has 1 N–H and O–H groups in total. The monoisotopic (exact) mass is 324 g/mol. The first-order valence-electron chi connectivity index (χ1n) is 8.02. The number of nitrogens with zero attached hydrogens (tertiary/aromatic N) is 1. The van der Waals surface area contributed by atoms with Gasteiger partial charge in [0.05, 0.1) is 24.4 Å². The first kappa shape index (κ1) is 16.1. The third-order valence-electron chi connectivity index (χ3n) is 3.92. The zero-order valence-corrected chi connectivity index (χ0v) is 13.8. The Bertz CT molecular complexity index is 773. The molecule has 0 aromatic heterocycles. The Hall–Kier alpha value is -2.82. The van der Waals surface area contributed by atoms with Crippen LogP contribution in [0, 0.1) is 6.92 Å². The molecule has 0 spiro atoms. The van der Waals surface area contributed by atoms with E-state index < -0.39 is 6.04 Å². The van der Waals surface area contributed by atoms with E-state index in [9.17, 15) is 9.59 Å². The highest BCUT2D eigenvalue weighted by Crippen LogP contribution is 2.29.